The van der Waals surface area contributed by atoms with Crippen LogP contribution in [0.3, 0.4) is 0 Å². The van der Waals surface area contributed by atoms with Gasteiger partial charge in [-0.05, 0) is 43.4 Å². The molecule has 2 aromatic rings. The lowest BCUT2D eigenvalue weighted by atomic mass is 9.98. The number of hydrogen-bond acceptors (Lipinski definition) is 5. The van der Waals surface area contributed by atoms with Crippen LogP contribution in [-0.4, -0.2) is 39.8 Å². The Balaban J connectivity index is 1.30. The van der Waals surface area contributed by atoms with Gasteiger partial charge in [-0.2, -0.15) is 0 Å². The second-order valence-corrected chi connectivity index (χ2v) is 8.53. The molecular weight excluding hydrogens is 376 g/mol. The third kappa shape index (κ3) is 3.48. The molecule has 2 heterocycles. The number of benzene rings is 1. The maximum Gasteiger partial charge on any atom is 0.325 e. The van der Waals surface area contributed by atoms with Gasteiger partial charge >= 0.3 is 6.03 Å². The number of hydrogen-bond donors (Lipinski definition) is 2. The SMILES string of the molecule is CCc1ccc2nc(NC(=O)CCCN3C(=O)NC4(CCCC4)C3=O)sc2c1. The monoisotopic (exact) mass is 400 g/mol. The number of carbonyl (C=O) groups excluding carboxylic acids is 3. The van der Waals surface area contributed by atoms with Crippen LogP contribution in [-0.2, 0) is 16.0 Å². The normalized spacial score (nSPS) is 18.2. The number of aryl methyl sites for hydroxylation is 1. The molecule has 4 rings (SSSR count). The molecule has 1 aromatic heterocycles. The van der Waals surface area contributed by atoms with Crippen LogP contribution in [0.2, 0.25) is 0 Å². The Kier molecular flexibility index (Phi) is 5.05. The molecule has 4 amide bonds. The van der Waals surface area contributed by atoms with Gasteiger partial charge in [-0.25, -0.2) is 9.78 Å². The molecule has 0 radical (unpaired) electrons. The topological polar surface area (TPSA) is 91.4 Å². The lowest BCUT2D eigenvalue weighted by Gasteiger charge is -2.19. The molecule has 1 aliphatic carbocycles. The number of nitrogens with zero attached hydrogens (tertiary/aromatic N) is 2. The highest BCUT2D eigenvalue weighted by molar-refractivity contribution is 7.22. The van der Waals surface area contributed by atoms with E-state index in [0.717, 1.165) is 29.5 Å². The van der Waals surface area contributed by atoms with Crippen LogP contribution in [0.25, 0.3) is 10.2 Å². The van der Waals surface area contributed by atoms with E-state index >= 15 is 0 Å². The summed E-state index contributed by atoms with van der Waals surface area (Å²) >= 11 is 1.46. The molecule has 0 unspecified atom stereocenters. The Morgan fingerprint density at radius 1 is 1.32 bits per heavy atom. The first-order chi connectivity index (χ1) is 13.5. The minimum atomic E-state index is -0.683. The van der Waals surface area contributed by atoms with Gasteiger partial charge in [0.25, 0.3) is 5.91 Å². The summed E-state index contributed by atoms with van der Waals surface area (Å²) in [6, 6.07) is 5.78. The Bertz CT molecular complexity index is 933. The van der Waals surface area contributed by atoms with Crippen LogP contribution in [0.1, 0.15) is 51.0 Å². The first-order valence-electron chi connectivity index (χ1n) is 9.84. The Labute approximate surface area is 167 Å². The second-order valence-electron chi connectivity index (χ2n) is 7.50. The third-order valence-corrected chi connectivity index (χ3v) is 6.53. The highest BCUT2D eigenvalue weighted by atomic mass is 32.1. The Hall–Kier alpha value is -2.48. The molecule has 8 heteroatoms. The largest absolute Gasteiger partial charge is 0.325 e. The van der Waals surface area contributed by atoms with Crippen molar-refractivity contribution in [1.29, 1.82) is 0 Å². The number of aromatic nitrogens is 1. The fraction of sp³-hybridized carbons (Fsp3) is 0.500. The zero-order valence-electron chi connectivity index (χ0n) is 15.9. The van der Waals surface area contributed by atoms with E-state index in [4.69, 9.17) is 0 Å². The number of thiazole rings is 1. The minimum Gasteiger partial charge on any atom is -0.323 e. The highest BCUT2D eigenvalue weighted by Gasteiger charge is 2.51. The van der Waals surface area contributed by atoms with Gasteiger partial charge in [0.2, 0.25) is 5.91 Å². The van der Waals surface area contributed by atoms with E-state index in [1.165, 1.54) is 21.8 Å². The molecule has 2 aliphatic rings. The number of carbonyl (C=O) groups is 3. The molecule has 1 aromatic carbocycles. The summed E-state index contributed by atoms with van der Waals surface area (Å²) in [7, 11) is 0. The summed E-state index contributed by atoms with van der Waals surface area (Å²) in [6.45, 7) is 2.37. The van der Waals surface area contributed by atoms with Gasteiger partial charge in [0.15, 0.2) is 5.13 Å². The molecule has 7 nitrogen and oxygen atoms in total. The molecular formula is C20H24N4O3S. The molecule has 2 N–H and O–H groups in total. The number of nitrogens with one attached hydrogen (secondary N) is 2. The number of amides is 4. The first kappa shape index (κ1) is 18.9. The van der Waals surface area contributed by atoms with Crippen molar-refractivity contribution in [1.82, 2.24) is 15.2 Å². The molecule has 0 bridgehead atoms. The molecule has 1 saturated carbocycles. The number of fused-ring (bicyclic) bond motifs is 1. The van der Waals surface area contributed by atoms with Crippen molar-refractivity contribution in [3.8, 4) is 0 Å². The van der Waals surface area contributed by atoms with Gasteiger partial charge in [-0.15, -0.1) is 0 Å². The summed E-state index contributed by atoms with van der Waals surface area (Å²) in [5.41, 5.74) is 1.43. The van der Waals surface area contributed by atoms with E-state index < -0.39 is 5.54 Å². The quantitative estimate of drug-likeness (QED) is 0.727. The number of imide groups is 1. The van der Waals surface area contributed by atoms with Crippen LogP contribution < -0.4 is 10.6 Å². The molecule has 1 saturated heterocycles. The highest BCUT2D eigenvalue weighted by Crippen LogP contribution is 2.35. The Morgan fingerprint density at radius 3 is 2.86 bits per heavy atom. The fourth-order valence-electron chi connectivity index (χ4n) is 4.02. The standard InChI is InChI=1S/C20H24N4O3S/c1-2-13-7-8-14-15(12-13)28-18(21-14)22-16(25)6-5-11-24-17(26)20(23-19(24)27)9-3-4-10-20/h7-8,12H,2-6,9-11H2,1H3,(H,23,27)(H,21,22,25). The summed E-state index contributed by atoms with van der Waals surface area (Å²) in [6.07, 6.45) is 4.98. The predicted octanol–water partition coefficient (Wildman–Crippen LogP) is 3.44. The number of urea groups is 1. The lowest BCUT2D eigenvalue weighted by Crippen LogP contribution is -2.44. The van der Waals surface area contributed by atoms with E-state index in [2.05, 4.69) is 28.6 Å². The van der Waals surface area contributed by atoms with Crippen molar-refractivity contribution in [2.75, 3.05) is 11.9 Å². The van der Waals surface area contributed by atoms with Crippen molar-refractivity contribution in [3.05, 3.63) is 23.8 Å². The summed E-state index contributed by atoms with van der Waals surface area (Å²) in [5.74, 6) is -0.286. The van der Waals surface area contributed by atoms with Crippen molar-refractivity contribution in [2.24, 2.45) is 0 Å². The van der Waals surface area contributed by atoms with Gasteiger partial charge < -0.3 is 10.6 Å². The zero-order chi connectivity index (χ0) is 19.7. The summed E-state index contributed by atoms with van der Waals surface area (Å²) in [4.78, 5) is 42.7. The van der Waals surface area contributed by atoms with Gasteiger partial charge in [0.1, 0.15) is 5.54 Å². The maximum atomic E-state index is 12.6. The van der Waals surface area contributed by atoms with Crippen LogP contribution in [0, 0.1) is 0 Å². The van der Waals surface area contributed by atoms with E-state index in [9.17, 15) is 14.4 Å². The maximum absolute atomic E-state index is 12.6. The van der Waals surface area contributed by atoms with Gasteiger partial charge in [-0.3, -0.25) is 14.5 Å². The molecule has 1 aliphatic heterocycles. The Morgan fingerprint density at radius 2 is 2.11 bits per heavy atom. The number of anilines is 1. The third-order valence-electron chi connectivity index (χ3n) is 5.60. The van der Waals surface area contributed by atoms with E-state index in [0.29, 0.717) is 24.4 Å². The van der Waals surface area contributed by atoms with Gasteiger partial charge in [-0.1, -0.05) is 37.2 Å². The van der Waals surface area contributed by atoms with Crippen molar-refractivity contribution in [3.63, 3.8) is 0 Å². The average molecular weight is 401 g/mol. The van der Waals surface area contributed by atoms with E-state index in [-0.39, 0.29) is 30.8 Å². The molecule has 0 atom stereocenters. The lowest BCUT2D eigenvalue weighted by molar-refractivity contribution is -0.131. The van der Waals surface area contributed by atoms with Crippen LogP contribution >= 0.6 is 11.3 Å². The minimum absolute atomic E-state index is 0.131. The number of rotatable bonds is 6. The van der Waals surface area contributed by atoms with Gasteiger partial charge in [0.05, 0.1) is 10.2 Å². The predicted molar refractivity (Wildman–Crippen MR) is 108 cm³/mol. The first-order valence-corrected chi connectivity index (χ1v) is 10.7. The summed E-state index contributed by atoms with van der Waals surface area (Å²) < 4.78 is 1.05. The van der Waals surface area contributed by atoms with Gasteiger partial charge in [0, 0.05) is 13.0 Å². The van der Waals surface area contributed by atoms with Crippen LogP contribution in [0.5, 0.6) is 0 Å². The zero-order valence-corrected chi connectivity index (χ0v) is 16.7. The van der Waals surface area contributed by atoms with E-state index in [1.54, 1.807) is 0 Å². The van der Waals surface area contributed by atoms with Crippen molar-refractivity contribution >= 4 is 44.5 Å². The molecule has 1 spiro atoms. The fourth-order valence-corrected chi connectivity index (χ4v) is 4.96. The second kappa shape index (κ2) is 7.50. The van der Waals surface area contributed by atoms with E-state index in [1.807, 2.05) is 12.1 Å². The smallest absolute Gasteiger partial charge is 0.323 e. The molecule has 28 heavy (non-hydrogen) atoms. The van der Waals surface area contributed by atoms with Crippen LogP contribution in [0.4, 0.5) is 9.93 Å². The van der Waals surface area contributed by atoms with Crippen molar-refractivity contribution < 1.29 is 14.4 Å². The molecule has 2 fully saturated rings. The van der Waals surface area contributed by atoms with Crippen molar-refractivity contribution in [2.45, 2.75) is 57.4 Å². The average Bonchev–Trinajstić information content (AvgIpc) is 3.35. The summed E-state index contributed by atoms with van der Waals surface area (Å²) in [5, 5.41) is 6.27. The molecule has 148 valence electrons. The van der Waals surface area contributed by atoms with Crippen LogP contribution in [0.15, 0.2) is 18.2 Å².